The molecule has 0 bridgehead atoms. The summed E-state index contributed by atoms with van der Waals surface area (Å²) in [6.07, 6.45) is 0. The Morgan fingerprint density at radius 3 is 2.15 bits per heavy atom. The van der Waals surface area contributed by atoms with Crippen LogP contribution in [0.3, 0.4) is 0 Å². The van der Waals surface area contributed by atoms with Gasteiger partial charge in [-0.1, -0.05) is 17.7 Å². The lowest BCUT2D eigenvalue weighted by Crippen LogP contribution is -2.12. The van der Waals surface area contributed by atoms with E-state index >= 15 is 0 Å². The molecule has 0 radical (unpaired) electrons. The highest BCUT2D eigenvalue weighted by atomic mass is 19.1. The number of benzene rings is 2. The van der Waals surface area contributed by atoms with Gasteiger partial charge in [-0.2, -0.15) is 0 Å². The predicted octanol–water partition coefficient (Wildman–Crippen LogP) is 4.11. The average molecular weight is 276 g/mol. The topological polar surface area (TPSA) is 26.3 Å². The molecule has 2 aromatic carbocycles. The zero-order valence-corrected chi connectivity index (χ0v) is 11.5. The molecule has 0 spiro atoms. The number of ether oxygens (including phenoxy) is 1. The lowest BCUT2D eigenvalue weighted by atomic mass is 10.1. The van der Waals surface area contributed by atoms with Crippen molar-refractivity contribution >= 4 is 5.97 Å². The first-order chi connectivity index (χ1) is 9.38. The number of hydrogen-bond donors (Lipinski definition) is 0. The van der Waals surface area contributed by atoms with Crippen LogP contribution in [-0.4, -0.2) is 5.97 Å². The Bertz CT molecular complexity index is 655. The van der Waals surface area contributed by atoms with Crippen LogP contribution in [0.2, 0.25) is 0 Å². The van der Waals surface area contributed by atoms with Gasteiger partial charge < -0.3 is 4.74 Å². The summed E-state index contributed by atoms with van der Waals surface area (Å²) in [6.45, 7) is 5.55. The van der Waals surface area contributed by atoms with Crippen molar-refractivity contribution in [3.63, 3.8) is 0 Å². The molecule has 0 N–H and O–H groups in total. The lowest BCUT2D eigenvalue weighted by Gasteiger charge is -2.12. The minimum Gasteiger partial charge on any atom is -0.422 e. The molecule has 4 heteroatoms. The molecule has 0 heterocycles. The van der Waals surface area contributed by atoms with E-state index < -0.39 is 17.6 Å². The number of aryl methyl sites for hydroxylation is 3. The molecule has 0 aliphatic rings. The highest BCUT2D eigenvalue weighted by Gasteiger charge is 2.17. The minimum atomic E-state index is -0.933. The first-order valence-corrected chi connectivity index (χ1v) is 6.13. The SMILES string of the molecule is Cc1cc(C)c(OC(=O)c2ccc(F)cc2F)c(C)c1. The van der Waals surface area contributed by atoms with Crippen LogP contribution < -0.4 is 4.74 Å². The summed E-state index contributed by atoms with van der Waals surface area (Å²) in [4.78, 5) is 12.0. The second-order valence-electron chi connectivity index (χ2n) is 4.74. The van der Waals surface area contributed by atoms with Crippen LogP contribution in [-0.2, 0) is 0 Å². The second kappa shape index (κ2) is 5.41. The van der Waals surface area contributed by atoms with Crippen LogP contribution in [0.4, 0.5) is 8.78 Å². The molecular weight excluding hydrogens is 262 g/mol. The largest absolute Gasteiger partial charge is 0.422 e. The van der Waals surface area contributed by atoms with E-state index in [-0.39, 0.29) is 5.56 Å². The summed E-state index contributed by atoms with van der Waals surface area (Å²) in [5, 5.41) is 0. The van der Waals surface area contributed by atoms with E-state index in [0.29, 0.717) is 11.8 Å². The predicted molar refractivity (Wildman–Crippen MR) is 72.0 cm³/mol. The first kappa shape index (κ1) is 14.2. The fraction of sp³-hybridized carbons (Fsp3) is 0.188. The molecule has 2 rings (SSSR count). The average Bonchev–Trinajstić information content (AvgIpc) is 2.33. The third-order valence-electron chi connectivity index (χ3n) is 2.95. The molecule has 0 unspecified atom stereocenters. The summed E-state index contributed by atoms with van der Waals surface area (Å²) in [7, 11) is 0. The molecule has 0 saturated heterocycles. The van der Waals surface area contributed by atoms with Crippen LogP contribution >= 0.6 is 0 Å². The summed E-state index contributed by atoms with van der Waals surface area (Å²) in [5.74, 6) is -2.10. The molecule has 0 saturated carbocycles. The van der Waals surface area contributed by atoms with Crippen LogP contribution in [0.15, 0.2) is 30.3 Å². The Hall–Kier alpha value is -2.23. The maximum atomic E-state index is 13.5. The van der Waals surface area contributed by atoms with Crippen molar-refractivity contribution in [2.24, 2.45) is 0 Å². The van der Waals surface area contributed by atoms with Crippen molar-refractivity contribution in [1.29, 1.82) is 0 Å². The van der Waals surface area contributed by atoms with E-state index in [0.717, 1.165) is 28.8 Å². The molecule has 2 aromatic rings. The first-order valence-electron chi connectivity index (χ1n) is 6.13. The van der Waals surface area contributed by atoms with Crippen molar-refractivity contribution in [3.8, 4) is 5.75 Å². The van der Waals surface area contributed by atoms with Gasteiger partial charge in [-0.15, -0.1) is 0 Å². The molecule has 2 nitrogen and oxygen atoms in total. The molecule has 104 valence electrons. The third kappa shape index (κ3) is 2.85. The fourth-order valence-corrected chi connectivity index (χ4v) is 2.13. The van der Waals surface area contributed by atoms with Crippen LogP contribution in [0.5, 0.6) is 5.75 Å². The van der Waals surface area contributed by atoms with E-state index in [1.54, 1.807) is 0 Å². The van der Waals surface area contributed by atoms with E-state index in [9.17, 15) is 13.6 Å². The Kier molecular flexibility index (Phi) is 3.84. The normalized spacial score (nSPS) is 10.4. The smallest absolute Gasteiger partial charge is 0.346 e. The number of hydrogen-bond acceptors (Lipinski definition) is 2. The van der Waals surface area contributed by atoms with Gasteiger partial charge in [0.25, 0.3) is 0 Å². The van der Waals surface area contributed by atoms with Gasteiger partial charge in [-0.05, 0) is 44.0 Å². The molecular formula is C16H14F2O2. The van der Waals surface area contributed by atoms with Gasteiger partial charge in [0.1, 0.15) is 17.4 Å². The molecule has 0 aromatic heterocycles. The zero-order valence-electron chi connectivity index (χ0n) is 11.5. The minimum absolute atomic E-state index is 0.286. The number of carbonyl (C=O) groups is 1. The number of esters is 1. The number of rotatable bonds is 2. The van der Waals surface area contributed by atoms with Crippen LogP contribution in [0.1, 0.15) is 27.0 Å². The summed E-state index contributed by atoms with van der Waals surface area (Å²) in [5.41, 5.74) is 2.34. The molecule has 20 heavy (non-hydrogen) atoms. The van der Waals surface area contributed by atoms with E-state index in [1.165, 1.54) is 0 Å². The summed E-state index contributed by atoms with van der Waals surface area (Å²) in [6, 6.07) is 6.50. The maximum Gasteiger partial charge on any atom is 0.346 e. The number of halogens is 2. The lowest BCUT2D eigenvalue weighted by molar-refractivity contribution is 0.0727. The molecule has 0 atom stereocenters. The van der Waals surface area contributed by atoms with Gasteiger partial charge in [0.15, 0.2) is 0 Å². The van der Waals surface area contributed by atoms with Gasteiger partial charge in [0.05, 0.1) is 5.56 Å². The van der Waals surface area contributed by atoms with E-state index in [4.69, 9.17) is 4.74 Å². The summed E-state index contributed by atoms with van der Waals surface area (Å²) < 4.78 is 31.6. The molecule has 0 amide bonds. The van der Waals surface area contributed by atoms with E-state index in [2.05, 4.69) is 0 Å². The van der Waals surface area contributed by atoms with Crippen molar-refractivity contribution in [3.05, 3.63) is 64.2 Å². The molecule has 0 aliphatic heterocycles. The quantitative estimate of drug-likeness (QED) is 0.609. The van der Waals surface area contributed by atoms with Crippen LogP contribution in [0.25, 0.3) is 0 Å². The van der Waals surface area contributed by atoms with Crippen molar-refractivity contribution < 1.29 is 18.3 Å². The number of carbonyl (C=O) groups excluding carboxylic acids is 1. The highest BCUT2D eigenvalue weighted by Crippen LogP contribution is 2.25. The van der Waals surface area contributed by atoms with Gasteiger partial charge in [-0.3, -0.25) is 0 Å². The van der Waals surface area contributed by atoms with Gasteiger partial charge in [-0.25, -0.2) is 13.6 Å². The molecule has 0 aliphatic carbocycles. The van der Waals surface area contributed by atoms with Gasteiger partial charge in [0, 0.05) is 6.07 Å². The van der Waals surface area contributed by atoms with Gasteiger partial charge >= 0.3 is 5.97 Å². The Morgan fingerprint density at radius 1 is 1.00 bits per heavy atom. The monoisotopic (exact) mass is 276 g/mol. The van der Waals surface area contributed by atoms with E-state index in [1.807, 2.05) is 32.9 Å². The maximum absolute atomic E-state index is 13.5. The van der Waals surface area contributed by atoms with Crippen LogP contribution in [0, 0.1) is 32.4 Å². The van der Waals surface area contributed by atoms with Crippen molar-refractivity contribution in [2.75, 3.05) is 0 Å². The second-order valence-corrected chi connectivity index (χ2v) is 4.74. The fourth-order valence-electron chi connectivity index (χ4n) is 2.13. The Labute approximate surface area is 116 Å². The summed E-state index contributed by atoms with van der Waals surface area (Å²) >= 11 is 0. The Balaban J connectivity index is 2.33. The van der Waals surface area contributed by atoms with Crippen molar-refractivity contribution in [1.82, 2.24) is 0 Å². The molecule has 0 fully saturated rings. The third-order valence-corrected chi connectivity index (χ3v) is 2.95. The highest BCUT2D eigenvalue weighted by molar-refractivity contribution is 5.91. The zero-order chi connectivity index (χ0) is 14.9. The standard InChI is InChI=1S/C16H14F2O2/c1-9-6-10(2)15(11(3)7-9)20-16(19)13-5-4-12(17)8-14(13)18/h4-8H,1-3H3. The Morgan fingerprint density at radius 2 is 1.60 bits per heavy atom. The van der Waals surface area contributed by atoms with Gasteiger partial charge in [0.2, 0.25) is 0 Å². The van der Waals surface area contributed by atoms with Crippen molar-refractivity contribution in [2.45, 2.75) is 20.8 Å².